The van der Waals surface area contributed by atoms with Crippen molar-refractivity contribution in [2.45, 2.75) is 13.1 Å². The molecule has 2 heterocycles. The lowest BCUT2D eigenvalue weighted by Gasteiger charge is -2.17. The van der Waals surface area contributed by atoms with Crippen LogP contribution in [0, 0.1) is 0 Å². The molecule has 21 heavy (non-hydrogen) atoms. The van der Waals surface area contributed by atoms with E-state index >= 15 is 0 Å². The van der Waals surface area contributed by atoms with Gasteiger partial charge in [0.05, 0.1) is 5.52 Å². The number of halogens is 1. The summed E-state index contributed by atoms with van der Waals surface area (Å²) in [5, 5.41) is 3.24. The van der Waals surface area contributed by atoms with Crippen molar-refractivity contribution in [1.29, 1.82) is 0 Å². The molecular formula is C16H16BrN3S. The molecule has 0 spiro atoms. The second-order valence-corrected chi connectivity index (χ2v) is 7.04. The number of fused-ring (bicyclic) bond motifs is 1. The van der Waals surface area contributed by atoms with Gasteiger partial charge in [-0.25, -0.2) is 4.98 Å². The van der Waals surface area contributed by atoms with E-state index in [4.69, 9.17) is 5.73 Å². The molecule has 108 valence electrons. The van der Waals surface area contributed by atoms with Gasteiger partial charge in [-0.2, -0.15) is 0 Å². The molecule has 3 rings (SSSR count). The van der Waals surface area contributed by atoms with Crippen LogP contribution in [0.15, 0.2) is 46.3 Å². The fourth-order valence-corrected chi connectivity index (χ4v) is 3.88. The van der Waals surface area contributed by atoms with Crippen LogP contribution in [0.2, 0.25) is 0 Å². The maximum Gasteiger partial charge on any atom is 0.128 e. The van der Waals surface area contributed by atoms with Gasteiger partial charge in [0.2, 0.25) is 0 Å². The minimum absolute atomic E-state index is 0.618. The van der Waals surface area contributed by atoms with Gasteiger partial charge >= 0.3 is 0 Å². The van der Waals surface area contributed by atoms with Crippen molar-refractivity contribution in [1.82, 2.24) is 9.88 Å². The maximum absolute atomic E-state index is 6.09. The molecule has 0 atom stereocenters. The van der Waals surface area contributed by atoms with Crippen LogP contribution >= 0.6 is 27.3 Å². The molecule has 3 aromatic rings. The molecule has 5 heteroatoms. The third kappa shape index (κ3) is 3.43. The van der Waals surface area contributed by atoms with Gasteiger partial charge < -0.3 is 5.73 Å². The van der Waals surface area contributed by atoms with Crippen LogP contribution in [0.4, 0.5) is 5.82 Å². The van der Waals surface area contributed by atoms with Crippen LogP contribution in [-0.4, -0.2) is 16.9 Å². The van der Waals surface area contributed by atoms with E-state index in [1.54, 1.807) is 11.3 Å². The lowest BCUT2D eigenvalue weighted by atomic mass is 10.1. The number of nitrogens with zero attached hydrogens (tertiary/aromatic N) is 2. The van der Waals surface area contributed by atoms with E-state index in [1.165, 1.54) is 4.88 Å². The van der Waals surface area contributed by atoms with Gasteiger partial charge in [-0.15, -0.1) is 11.3 Å². The number of pyridine rings is 1. The number of nitrogen functional groups attached to an aromatic ring is 1. The molecule has 0 bridgehead atoms. The molecule has 0 unspecified atom stereocenters. The van der Waals surface area contributed by atoms with Crippen LogP contribution < -0.4 is 5.73 Å². The summed E-state index contributed by atoms with van der Waals surface area (Å²) < 4.78 is 1.14. The third-order valence-electron chi connectivity index (χ3n) is 3.32. The Balaban J connectivity index is 1.79. The van der Waals surface area contributed by atoms with Gasteiger partial charge in [0.25, 0.3) is 0 Å². The summed E-state index contributed by atoms with van der Waals surface area (Å²) in [5.41, 5.74) is 8.11. The molecule has 0 saturated heterocycles. The fraction of sp³-hybridized carbons (Fsp3) is 0.188. The van der Waals surface area contributed by atoms with Crippen LogP contribution in [0.5, 0.6) is 0 Å². The highest BCUT2D eigenvalue weighted by Crippen LogP contribution is 2.23. The van der Waals surface area contributed by atoms with E-state index in [1.807, 2.05) is 18.2 Å². The number of hydrogen-bond donors (Lipinski definition) is 1. The molecule has 0 amide bonds. The van der Waals surface area contributed by atoms with E-state index in [9.17, 15) is 0 Å². The van der Waals surface area contributed by atoms with E-state index < -0.39 is 0 Å². The summed E-state index contributed by atoms with van der Waals surface area (Å²) in [5.74, 6) is 0.618. The van der Waals surface area contributed by atoms with Gasteiger partial charge in [0.1, 0.15) is 5.82 Å². The number of aromatic nitrogens is 1. The third-order valence-corrected chi connectivity index (χ3v) is 5.01. The molecule has 0 radical (unpaired) electrons. The number of nitrogens with two attached hydrogens (primary N) is 1. The topological polar surface area (TPSA) is 42.2 Å². The molecule has 2 N–H and O–H groups in total. The minimum atomic E-state index is 0.618. The summed E-state index contributed by atoms with van der Waals surface area (Å²) in [6.07, 6.45) is 0. The molecule has 1 aromatic carbocycles. The maximum atomic E-state index is 6.09. The first-order chi connectivity index (χ1) is 10.1. The van der Waals surface area contributed by atoms with Gasteiger partial charge in [-0.05, 0) is 41.2 Å². The van der Waals surface area contributed by atoms with Crippen molar-refractivity contribution in [3.05, 3.63) is 56.7 Å². The van der Waals surface area contributed by atoms with E-state index in [0.29, 0.717) is 5.82 Å². The Morgan fingerprint density at radius 1 is 1.24 bits per heavy atom. The molecule has 0 fully saturated rings. The second kappa shape index (κ2) is 6.13. The summed E-state index contributed by atoms with van der Waals surface area (Å²) >= 11 is 5.25. The van der Waals surface area contributed by atoms with Crippen LogP contribution in [0.25, 0.3) is 10.9 Å². The SMILES string of the molecule is CN(Cc1cc(Br)cs1)Cc1cc2ccccc2nc1N. The van der Waals surface area contributed by atoms with Crippen LogP contribution in [0.3, 0.4) is 0 Å². The predicted octanol–water partition coefficient (Wildman–Crippen LogP) is 4.27. The predicted molar refractivity (Wildman–Crippen MR) is 93.3 cm³/mol. The smallest absolute Gasteiger partial charge is 0.128 e. The second-order valence-electron chi connectivity index (χ2n) is 5.13. The highest BCUT2D eigenvalue weighted by atomic mass is 79.9. The number of hydrogen-bond acceptors (Lipinski definition) is 4. The average Bonchev–Trinajstić information content (AvgIpc) is 2.85. The van der Waals surface area contributed by atoms with Crippen molar-refractivity contribution >= 4 is 44.0 Å². The zero-order valence-corrected chi connectivity index (χ0v) is 14.1. The van der Waals surface area contributed by atoms with Gasteiger partial charge in [-0.1, -0.05) is 18.2 Å². The molecule has 3 nitrogen and oxygen atoms in total. The standard InChI is InChI=1S/C16H16BrN3S/c1-20(9-14-7-13(17)10-21-14)8-12-6-11-4-2-3-5-15(11)19-16(12)18/h2-7,10H,8-9H2,1H3,(H2,18,19). The first-order valence-corrected chi connectivity index (χ1v) is 8.34. The molecule has 0 aliphatic carbocycles. The number of anilines is 1. The Morgan fingerprint density at radius 2 is 2.05 bits per heavy atom. The first-order valence-electron chi connectivity index (χ1n) is 6.67. The molecule has 0 saturated carbocycles. The van der Waals surface area contributed by atoms with Crippen LogP contribution in [0.1, 0.15) is 10.4 Å². The Hall–Kier alpha value is -1.43. The Bertz CT molecular complexity index is 769. The Labute approximate surface area is 136 Å². The highest BCUT2D eigenvalue weighted by molar-refractivity contribution is 9.10. The number of rotatable bonds is 4. The van der Waals surface area contributed by atoms with Crippen molar-refractivity contribution in [2.75, 3.05) is 12.8 Å². The monoisotopic (exact) mass is 361 g/mol. The molecule has 0 aliphatic rings. The fourth-order valence-electron chi connectivity index (χ4n) is 2.35. The first kappa shape index (κ1) is 14.5. The van der Waals surface area contributed by atoms with E-state index in [0.717, 1.165) is 34.0 Å². The molecular weight excluding hydrogens is 346 g/mol. The van der Waals surface area contributed by atoms with E-state index in [-0.39, 0.29) is 0 Å². The van der Waals surface area contributed by atoms with Gasteiger partial charge in [0.15, 0.2) is 0 Å². The summed E-state index contributed by atoms with van der Waals surface area (Å²) in [6, 6.07) is 12.4. The highest BCUT2D eigenvalue weighted by Gasteiger charge is 2.08. The van der Waals surface area contributed by atoms with Crippen molar-refractivity contribution in [3.63, 3.8) is 0 Å². The van der Waals surface area contributed by atoms with Gasteiger partial charge in [0, 0.05) is 38.8 Å². The Kier molecular flexibility index (Phi) is 4.24. The summed E-state index contributed by atoms with van der Waals surface area (Å²) in [7, 11) is 2.10. The van der Waals surface area contributed by atoms with Crippen molar-refractivity contribution in [3.8, 4) is 0 Å². The lowest BCUT2D eigenvalue weighted by molar-refractivity contribution is 0.322. The summed E-state index contributed by atoms with van der Waals surface area (Å²) in [6.45, 7) is 1.70. The quantitative estimate of drug-likeness (QED) is 0.754. The van der Waals surface area contributed by atoms with Crippen molar-refractivity contribution in [2.24, 2.45) is 0 Å². The minimum Gasteiger partial charge on any atom is -0.383 e. The number of benzene rings is 1. The summed E-state index contributed by atoms with van der Waals surface area (Å²) in [4.78, 5) is 8.07. The zero-order chi connectivity index (χ0) is 14.8. The number of thiophene rings is 1. The average molecular weight is 362 g/mol. The van der Waals surface area contributed by atoms with Gasteiger partial charge in [-0.3, -0.25) is 4.90 Å². The Morgan fingerprint density at radius 3 is 2.81 bits per heavy atom. The normalized spacial score (nSPS) is 11.4. The van der Waals surface area contributed by atoms with Crippen molar-refractivity contribution < 1.29 is 0 Å². The largest absolute Gasteiger partial charge is 0.383 e. The van der Waals surface area contributed by atoms with Crippen LogP contribution in [-0.2, 0) is 13.1 Å². The number of para-hydroxylation sites is 1. The zero-order valence-electron chi connectivity index (χ0n) is 11.7. The molecule has 0 aliphatic heterocycles. The molecule has 2 aromatic heterocycles. The lowest BCUT2D eigenvalue weighted by Crippen LogP contribution is -2.17. The van der Waals surface area contributed by atoms with E-state index in [2.05, 4.69) is 56.4 Å².